The van der Waals surface area contributed by atoms with Gasteiger partial charge in [-0.25, -0.2) is 4.90 Å². The molecule has 0 radical (unpaired) electrons. The van der Waals surface area contributed by atoms with Crippen LogP contribution in [-0.4, -0.2) is 58.2 Å². The number of piperidine rings is 1. The molecule has 2 fully saturated rings. The molecule has 1 N–H and O–H groups in total. The van der Waals surface area contributed by atoms with E-state index in [1.54, 1.807) is 18.2 Å². The minimum absolute atomic E-state index is 0.118. The topological polar surface area (TPSA) is 86.6 Å². The van der Waals surface area contributed by atoms with E-state index in [0.717, 1.165) is 4.90 Å². The summed E-state index contributed by atoms with van der Waals surface area (Å²) in [6.07, 6.45) is 1.50. The molecule has 27 heavy (non-hydrogen) atoms. The Morgan fingerprint density at radius 3 is 2.33 bits per heavy atom. The van der Waals surface area contributed by atoms with Crippen LogP contribution in [0, 0.1) is 5.92 Å². The summed E-state index contributed by atoms with van der Waals surface area (Å²) in [5, 5.41) is 0. The Morgan fingerprint density at radius 2 is 1.74 bits per heavy atom. The molecule has 0 aliphatic carbocycles. The highest BCUT2D eigenvalue weighted by atomic mass is 16.5. The lowest BCUT2D eigenvalue weighted by atomic mass is 9.95. The Balaban J connectivity index is 1.73. The first-order valence-corrected chi connectivity index (χ1v) is 9.01. The van der Waals surface area contributed by atoms with Crippen molar-refractivity contribution in [2.75, 3.05) is 39.3 Å². The van der Waals surface area contributed by atoms with Gasteiger partial charge in [-0.3, -0.25) is 14.4 Å². The first-order chi connectivity index (χ1) is 13.0. The Labute approximate surface area is 158 Å². The molecule has 2 heterocycles. The van der Waals surface area contributed by atoms with Crippen LogP contribution >= 0.6 is 0 Å². The number of anilines is 1. The van der Waals surface area contributed by atoms with Gasteiger partial charge in [-0.1, -0.05) is 0 Å². The van der Waals surface area contributed by atoms with Crippen LogP contribution < -0.4 is 19.3 Å². The van der Waals surface area contributed by atoms with E-state index in [9.17, 15) is 14.4 Å². The minimum Gasteiger partial charge on any atom is -0.493 e. The molecule has 2 aliphatic rings. The van der Waals surface area contributed by atoms with Crippen LogP contribution in [0.4, 0.5) is 5.69 Å². The molecular formula is C19H25N2O6+. The summed E-state index contributed by atoms with van der Waals surface area (Å²) in [6.45, 7) is 1.34. The summed E-state index contributed by atoms with van der Waals surface area (Å²) >= 11 is 0. The molecule has 2 amide bonds. The summed E-state index contributed by atoms with van der Waals surface area (Å²) in [4.78, 5) is 39.5. The molecule has 0 unspecified atom stereocenters. The van der Waals surface area contributed by atoms with Gasteiger partial charge >= 0.3 is 5.97 Å². The molecule has 2 aliphatic heterocycles. The van der Waals surface area contributed by atoms with Crippen molar-refractivity contribution >= 4 is 23.5 Å². The largest absolute Gasteiger partial charge is 0.493 e. The molecule has 0 aromatic heterocycles. The van der Waals surface area contributed by atoms with E-state index in [-0.39, 0.29) is 30.1 Å². The average Bonchev–Trinajstić information content (AvgIpc) is 3.01. The van der Waals surface area contributed by atoms with Gasteiger partial charge in [-0.2, -0.15) is 0 Å². The van der Waals surface area contributed by atoms with Gasteiger partial charge in [-0.15, -0.1) is 0 Å². The summed E-state index contributed by atoms with van der Waals surface area (Å²) in [7, 11) is 4.43. The normalized spacial score (nSPS) is 25.4. The number of rotatable bonds is 5. The number of hydrogen-bond donors (Lipinski definition) is 1. The molecule has 0 saturated carbocycles. The van der Waals surface area contributed by atoms with Crippen LogP contribution in [0.15, 0.2) is 18.2 Å². The number of amides is 2. The van der Waals surface area contributed by atoms with E-state index in [0.29, 0.717) is 43.1 Å². The standard InChI is InChI=1S/C19H24N2O6/c1-25-15-5-4-13(10-16(15)26-2)21-17(22)11-14(18(21)23)20-8-6-12(7-9-20)19(24)27-3/h4-5,10,12,14H,6-9,11H2,1-3H3/p+1/t14-/m0/s1. The second kappa shape index (κ2) is 7.96. The predicted octanol–water partition coefficient (Wildman–Crippen LogP) is -0.196. The molecule has 2 saturated heterocycles. The summed E-state index contributed by atoms with van der Waals surface area (Å²) in [5.41, 5.74) is 0.481. The van der Waals surface area contributed by atoms with Gasteiger partial charge in [0, 0.05) is 18.9 Å². The molecule has 0 bridgehead atoms. The summed E-state index contributed by atoms with van der Waals surface area (Å²) in [5.74, 6) is 0.249. The van der Waals surface area contributed by atoms with Crippen LogP contribution in [0.25, 0.3) is 0 Å². The van der Waals surface area contributed by atoms with E-state index in [4.69, 9.17) is 14.2 Å². The van der Waals surface area contributed by atoms with E-state index in [1.165, 1.54) is 26.2 Å². The molecule has 3 rings (SSSR count). The number of nitrogens with zero attached hydrogens (tertiary/aromatic N) is 1. The summed E-state index contributed by atoms with van der Waals surface area (Å²) in [6, 6.07) is 4.58. The van der Waals surface area contributed by atoms with E-state index >= 15 is 0 Å². The highest BCUT2D eigenvalue weighted by molar-refractivity contribution is 6.22. The number of likely N-dealkylation sites (tertiary alicyclic amines) is 1. The number of imide groups is 1. The highest BCUT2D eigenvalue weighted by Gasteiger charge is 2.47. The van der Waals surface area contributed by atoms with Crippen molar-refractivity contribution in [3.63, 3.8) is 0 Å². The van der Waals surface area contributed by atoms with Crippen molar-refractivity contribution < 1.29 is 33.5 Å². The molecule has 146 valence electrons. The van der Waals surface area contributed by atoms with E-state index in [1.807, 2.05) is 0 Å². The number of carbonyl (C=O) groups excluding carboxylic acids is 3. The van der Waals surface area contributed by atoms with Gasteiger partial charge < -0.3 is 19.1 Å². The van der Waals surface area contributed by atoms with Crippen LogP contribution in [0.3, 0.4) is 0 Å². The number of methoxy groups -OCH3 is 3. The number of ether oxygens (including phenoxy) is 3. The van der Waals surface area contributed by atoms with Crippen molar-refractivity contribution in [2.45, 2.75) is 25.3 Å². The highest BCUT2D eigenvalue weighted by Crippen LogP contribution is 2.33. The van der Waals surface area contributed by atoms with Gasteiger partial charge in [0.05, 0.1) is 52.4 Å². The molecular weight excluding hydrogens is 352 g/mol. The van der Waals surface area contributed by atoms with Gasteiger partial charge in [0.2, 0.25) is 5.91 Å². The second-order valence-electron chi connectivity index (χ2n) is 6.82. The quantitative estimate of drug-likeness (QED) is 0.565. The monoisotopic (exact) mass is 377 g/mol. The molecule has 8 nitrogen and oxygen atoms in total. The Hall–Kier alpha value is -2.61. The van der Waals surface area contributed by atoms with Crippen LogP contribution in [0.5, 0.6) is 11.5 Å². The van der Waals surface area contributed by atoms with E-state index < -0.39 is 6.04 Å². The fourth-order valence-electron chi connectivity index (χ4n) is 3.93. The zero-order valence-corrected chi connectivity index (χ0v) is 15.8. The number of nitrogens with one attached hydrogen (secondary N) is 1. The van der Waals surface area contributed by atoms with Gasteiger partial charge in [-0.05, 0) is 12.1 Å². The third-order valence-electron chi connectivity index (χ3n) is 5.43. The van der Waals surface area contributed by atoms with Crippen LogP contribution in [-0.2, 0) is 19.1 Å². The molecule has 1 aromatic rings. The second-order valence-corrected chi connectivity index (χ2v) is 6.82. The van der Waals surface area contributed by atoms with Gasteiger partial charge in [0.15, 0.2) is 17.5 Å². The third kappa shape index (κ3) is 3.62. The lowest BCUT2D eigenvalue weighted by molar-refractivity contribution is -0.920. The molecule has 0 spiro atoms. The fourth-order valence-corrected chi connectivity index (χ4v) is 3.93. The number of quaternary nitrogens is 1. The maximum absolute atomic E-state index is 13.0. The van der Waals surface area contributed by atoms with Crippen LogP contribution in [0.1, 0.15) is 19.3 Å². The Bertz CT molecular complexity index is 742. The first kappa shape index (κ1) is 19.2. The Kier molecular flexibility index (Phi) is 5.65. The van der Waals surface area contributed by atoms with Crippen LogP contribution in [0.2, 0.25) is 0 Å². The third-order valence-corrected chi connectivity index (χ3v) is 5.43. The van der Waals surface area contributed by atoms with Crippen molar-refractivity contribution in [3.8, 4) is 11.5 Å². The molecule has 8 heteroatoms. The number of esters is 1. The van der Waals surface area contributed by atoms with Gasteiger partial charge in [0.25, 0.3) is 5.91 Å². The van der Waals surface area contributed by atoms with Crippen molar-refractivity contribution in [2.24, 2.45) is 5.92 Å². The minimum atomic E-state index is -0.413. The number of benzene rings is 1. The lowest BCUT2D eigenvalue weighted by Gasteiger charge is -2.30. The molecule has 1 aromatic carbocycles. The van der Waals surface area contributed by atoms with E-state index in [2.05, 4.69) is 0 Å². The summed E-state index contributed by atoms with van der Waals surface area (Å²) < 4.78 is 15.3. The van der Waals surface area contributed by atoms with Crippen molar-refractivity contribution in [1.29, 1.82) is 0 Å². The maximum atomic E-state index is 13.0. The molecule has 1 atom stereocenters. The lowest BCUT2D eigenvalue weighted by Crippen LogP contribution is -3.17. The van der Waals surface area contributed by atoms with Gasteiger partial charge in [0.1, 0.15) is 0 Å². The number of hydrogen-bond acceptors (Lipinski definition) is 6. The fraction of sp³-hybridized carbons (Fsp3) is 0.526. The zero-order valence-electron chi connectivity index (χ0n) is 15.8. The maximum Gasteiger partial charge on any atom is 0.309 e. The van der Waals surface area contributed by atoms with Crippen molar-refractivity contribution in [3.05, 3.63) is 18.2 Å². The predicted molar refractivity (Wildman–Crippen MR) is 95.9 cm³/mol. The van der Waals surface area contributed by atoms with Crippen molar-refractivity contribution in [1.82, 2.24) is 0 Å². The Morgan fingerprint density at radius 1 is 1.07 bits per heavy atom. The average molecular weight is 377 g/mol. The SMILES string of the molecule is COC(=O)C1CC[NH+]([C@H]2CC(=O)N(c3ccc(OC)c(OC)c3)C2=O)CC1. The number of carbonyl (C=O) groups is 3. The first-order valence-electron chi connectivity index (χ1n) is 9.01. The smallest absolute Gasteiger partial charge is 0.309 e. The zero-order chi connectivity index (χ0) is 19.6.